The van der Waals surface area contributed by atoms with Gasteiger partial charge in [-0.3, -0.25) is 14.5 Å². The number of carbonyl (C=O) groups excluding carboxylic acids is 1. The van der Waals surface area contributed by atoms with Crippen LogP contribution in [-0.4, -0.2) is 40.3 Å². The SMILES string of the molecule is CC(C)(C)OC(=O)[C@H]1CCN([C@@H](C(=O)O)c2ccco2)[C@@H](N)C1. The third-order valence-corrected chi connectivity index (χ3v) is 3.81. The molecule has 0 bridgehead atoms. The summed E-state index contributed by atoms with van der Waals surface area (Å²) < 4.78 is 10.6. The third kappa shape index (κ3) is 4.33. The van der Waals surface area contributed by atoms with Crippen LogP contribution in [0.15, 0.2) is 22.8 Å². The number of carbonyl (C=O) groups is 2. The number of ether oxygens (including phenoxy) is 1. The molecule has 0 spiro atoms. The summed E-state index contributed by atoms with van der Waals surface area (Å²) in [7, 11) is 0. The van der Waals surface area contributed by atoms with Crippen LogP contribution in [0.4, 0.5) is 0 Å². The van der Waals surface area contributed by atoms with E-state index < -0.39 is 23.8 Å². The van der Waals surface area contributed by atoms with Crippen molar-refractivity contribution in [2.75, 3.05) is 6.54 Å². The van der Waals surface area contributed by atoms with Gasteiger partial charge in [0.15, 0.2) is 6.04 Å². The number of esters is 1. The number of carboxylic acid groups (broad SMARTS) is 1. The molecule has 1 aromatic heterocycles. The highest BCUT2D eigenvalue weighted by atomic mass is 16.6. The summed E-state index contributed by atoms with van der Waals surface area (Å²) in [5.41, 5.74) is 5.58. The molecule has 1 saturated heterocycles. The van der Waals surface area contributed by atoms with Crippen molar-refractivity contribution in [3.8, 4) is 0 Å². The number of carboxylic acids is 1. The van der Waals surface area contributed by atoms with Gasteiger partial charge in [0.05, 0.1) is 18.3 Å². The molecule has 1 aromatic rings. The van der Waals surface area contributed by atoms with Gasteiger partial charge in [0.2, 0.25) is 0 Å². The molecule has 2 heterocycles. The number of hydrogen-bond donors (Lipinski definition) is 2. The minimum Gasteiger partial charge on any atom is -0.480 e. The predicted octanol–water partition coefficient (Wildman–Crippen LogP) is 1.74. The molecule has 1 aliphatic heterocycles. The highest BCUT2D eigenvalue weighted by molar-refractivity contribution is 5.75. The van der Waals surface area contributed by atoms with Crippen molar-refractivity contribution in [2.45, 2.75) is 51.4 Å². The smallest absolute Gasteiger partial charge is 0.328 e. The second-order valence-electron chi connectivity index (χ2n) is 6.82. The molecule has 1 fully saturated rings. The normalized spacial score (nSPS) is 24.2. The number of rotatable bonds is 4. The van der Waals surface area contributed by atoms with Crippen LogP contribution < -0.4 is 5.73 Å². The Labute approximate surface area is 135 Å². The van der Waals surface area contributed by atoms with Crippen molar-refractivity contribution in [3.05, 3.63) is 24.2 Å². The predicted molar refractivity (Wildman–Crippen MR) is 82.3 cm³/mol. The van der Waals surface area contributed by atoms with Crippen molar-refractivity contribution in [1.82, 2.24) is 4.90 Å². The molecule has 1 aliphatic rings. The van der Waals surface area contributed by atoms with E-state index in [1.807, 2.05) is 20.8 Å². The molecular weight excluding hydrogens is 300 g/mol. The lowest BCUT2D eigenvalue weighted by Crippen LogP contribution is -2.52. The van der Waals surface area contributed by atoms with Gasteiger partial charge in [-0.1, -0.05) is 0 Å². The van der Waals surface area contributed by atoms with Gasteiger partial charge >= 0.3 is 11.9 Å². The number of aliphatic carboxylic acids is 1. The van der Waals surface area contributed by atoms with Gasteiger partial charge in [-0.15, -0.1) is 0 Å². The quantitative estimate of drug-likeness (QED) is 0.812. The van der Waals surface area contributed by atoms with E-state index in [0.29, 0.717) is 25.1 Å². The largest absolute Gasteiger partial charge is 0.480 e. The van der Waals surface area contributed by atoms with Crippen LogP contribution >= 0.6 is 0 Å². The second kappa shape index (κ2) is 6.72. The number of nitrogens with two attached hydrogens (primary N) is 1. The van der Waals surface area contributed by atoms with E-state index >= 15 is 0 Å². The first-order valence-corrected chi connectivity index (χ1v) is 7.69. The van der Waals surface area contributed by atoms with Crippen LogP contribution in [-0.2, 0) is 14.3 Å². The fourth-order valence-electron chi connectivity index (χ4n) is 2.81. The first kappa shape index (κ1) is 17.5. The molecule has 7 heteroatoms. The van der Waals surface area contributed by atoms with Gasteiger partial charge in [0, 0.05) is 6.54 Å². The highest BCUT2D eigenvalue weighted by Gasteiger charge is 2.39. The second-order valence-corrected chi connectivity index (χ2v) is 6.82. The van der Waals surface area contributed by atoms with Crippen LogP contribution in [0.25, 0.3) is 0 Å². The Morgan fingerprint density at radius 1 is 1.48 bits per heavy atom. The number of likely N-dealkylation sites (tertiary alicyclic amines) is 1. The zero-order valence-electron chi connectivity index (χ0n) is 13.7. The average molecular weight is 324 g/mol. The molecule has 3 atom stereocenters. The van der Waals surface area contributed by atoms with Crippen molar-refractivity contribution < 1.29 is 23.8 Å². The summed E-state index contributed by atoms with van der Waals surface area (Å²) in [4.78, 5) is 25.4. The number of furan rings is 1. The van der Waals surface area contributed by atoms with E-state index in [-0.39, 0.29) is 11.9 Å². The van der Waals surface area contributed by atoms with Gasteiger partial charge in [-0.25, -0.2) is 0 Å². The fraction of sp³-hybridized carbons (Fsp3) is 0.625. The Kier molecular flexibility index (Phi) is 5.11. The fourth-order valence-corrected chi connectivity index (χ4v) is 2.81. The van der Waals surface area contributed by atoms with Crippen LogP contribution in [0.1, 0.15) is 45.4 Å². The Balaban J connectivity index is 2.06. The lowest BCUT2D eigenvalue weighted by Gasteiger charge is -2.39. The summed E-state index contributed by atoms with van der Waals surface area (Å²) in [5, 5.41) is 9.49. The minimum absolute atomic E-state index is 0.280. The van der Waals surface area contributed by atoms with Crippen LogP contribution in [0.5, 0.6) is 0 Å². The zero-order valence-corrected chi connectivity index (χ0v) is 13.7. The Hall–Kier alpha value is -1.86. The molecular formula is C16H24N2O5. The van der Waals surface area contributed by atoms with Gasteiger partial charge < -0.3 is 20.0 Å². The van der Waals surface area contributed by atoms with Gasteiger partial charge in [0.25, 0.3) is 0 Å². The monoisotopic (exact) mass is 324 g/mol. The Morgan fingerprint density at radius 3 is 2.65 bits per heavy atom. The van der Waals surface area contributed by atoms with Crippen LogP contribution in [0.3, 0.4) is 0 Å². The molecule has 23 heavy (non-hydrogen) atoms. The van der Waals surface area contributed by atoms with E-state index in [2.05, 4.69) is 0 Å². The molecule has 0 saturated carbocycles. The molecule has 0 aromatic carbocycles. The maximum atomic E-state index is 12.2. The highest BCUT2D eigenvalue weighted by Crippen LogP contribution is 2.31. The zero-order chi connectivity index (χ0) is 17.2. The van der Waals surface area contributed by atoms with Crippen molar-refractivity contribution in [2.24, 2.45) is 11.7 Å². The van der Waals surface area contributed by atoms with E-state index in [1.54, 1.807) is 17.0 Å². The molecule has 0 aliphatic carbocycles. The van der Waals surface area contributed by atoms with Crippen molar-refractivity contribution >= 4 is 11.9 Å². The van der Waals surface area contributed by atoms with Gasteiger partial charge in [0.1, 0.15) is 11.4 Å². The maximum Gasteiger partial charge on any atom is 0.328 e. The molecule has 3 N–H and O–H groups in total. The molecule has 0 radical (unpaired) electrons. The number of nitrogens with zero attached hydrogens (tertiary/aromatic N) is 1. The van der Waals surface area contributed by atoms with Crippen molar-refractivity contribution in [1.29, 1.82) is 0 Å². The topological polar surface area (TPSA) is 106 Å². The first-order valence-electron chi connectivity index (χ1n) is 7.69. The molecule has 7 nitrogen and oxygen atoms in total. The van der Waals surface area contributed by atoms with Crippen molar-refractivity contribution in [3.63, 3.8) is 0 Å². The van der Waals surface area contributed by atoms with E-state index in [0.717, 1.165) is 0 Å². The van der Waals surface area contributed by atoms with Gasteiger partial charge in [-0.05, 0) is 45.7 Å². The minimum atomic E-state index is -1.02. The van der Waals surface area contributed by atoms with Crippen LogP contribution in [0.2, 0.25) is 0 Å². The number of hydrogen-bond acceptors (Lipinski definition) is 6. The summed E-state index contributed by atoms with van der Waals surface area (Å²) in [5.74, 6) is -1.28. The van der Waals surface area contributed by atoms with E-state index in [9.17, 15) is 14.7 Å². The summed E-state index contributed by atoms with van der Waals surface area (Å²) in [6.07, 6.45) is 1.75. The number of piperidine rings is 1. The molecule has 0 unspecified atom stereocenters. The van der Waals surface area contributed by atoms with E-state index in [1.165, 1.54) is 6.26 Å². The van der Waals surface area contributed by atoms with Gasteiger partial charge in [-0.2, -0.15) is 0 Å². The lowest BCUT2D eigenvalue weighted by molar-refractivity contribution is -0.163. The standard InChI is InChI=1S/C16H24N2O5/c1-16(2,3)23-15(21)10-6-7-18(12(17)9-10)13(14(19)20)11-5-4-8-22-11/h4-5,8,10,12-13H,6-7,9,17H2,1-3H3,(H,19,20)/t10-,12+,13+/m0/s1. The Morgan fingerprint density at radius 2 is 2.17 bits per heavy atom. The molecule has 0 amide bonds. The molecule has 2 rings (SSSR count). The van der Waals surface area contributed by atoms with E-state index in [4.69, 9.17) is 14.9 Å². The first-order chi connectivity index (χ1) is 10.7. The summed E-state index contributed by atoms with van der Waals surface area (Å²) in [6, 6.07) is 2.31. The molecule has 128 valence electrons. The maximum absolute atomic E-state index is 12.2. The average Bonchev–Trinajstić information content (AvgIpc) is 2.92. The lowest BCUT2D eigenvalue weighted by atomic mass is 9.93. The third-order valence-electron chi connectivity index (χ3n) is 3.81. The summed E-state index contributed by atoms with van der Waals surface area (Å²) >= 11 is 0. The summed E-state index contributed by atoms with van der Waals surface area (Å²) in [6.45, 7) is 5.84. The Bertz CT molecular complexity index is 549. The van der Waals surface area contributed by atoms with Crippen LogP contribution in [0, 0.1) is 5.92 Å².